The third-order valence-electron chi connectivity index (χ3n) is 8.14. The number of fused-ring (bicyclic) bond motifs is 2. The van der Waals surface area contributed by atoms with Crippen molar-refractivity contribution in [3.63, 3.8) is 0 Å². The van der Waals surface area contributed by atoms with Crippen LogP contribution in [0.5, 0.6) is 0 Å². The summed E-state index contributed by atoms with van der Waals surface area (Å²) in [5, 5.41) is 15.7. The van der Waals surface area contributed by atoms with E-state index in [1.54, 1.807) is 58.0 Å². The molecule has 2 N–H and O–H groups in total. The van der Waals surface area contributed by atoms with Gasteiger partial charge >= 0.3 is 0 Å². The van der Waals surface area contributed by atoms with Gasteiger partial charge in [0, 0.05) is 61.9 Å². The van der Waals surface area contributed by atoms with E-state index < -0.39 is 40.6 Å². The summed E-state index contributed by atoms with van der Waals surface area (Å²) in [5.41, 5.74) is 7.43. The van der Waals surface area contributed by atoms with Crippen LogP contribution < -0.4 is 5.73 Å². The van der Waals surface area contributed by atoms with E-state index in [0.29, 0.717) is 43.3 Å². The van der Waals surface area contributed by atoms with Crippen LogP contribution in [-0.2, 0) is 0 Å². The molecular formula is C30H22N4O6. The van der Waals surface area contributed by atoms with Gasteiger partial charge in [0.05, 0.1) is 21.4 Å². The number of benzene rings is 5. The van der Waals surface area contributed by atoms with Crippen LogP contribution in [-0.4, -0.2) is 50.4 Å². The van der Waals surface area contributed by atoms with Crippen molar-refractivity contribution in [3.8, 4) is 0 Å². The summed E-state index contributed by atoms with van der Waals surface area (Å²) < 4.78 is 0. The summed E-state index contributed by atoms with van der Waals surface area (Å²) >= 11 is 0. The van der Waals surface area contributed by atoms with Crippen molar-refractivity contribution in [3.05, 3.63) is 68.8 Å². The lowest BCUT2D eigenvalue weighted by atomic mass is 9.81. The number of amides is 4. The van der Waals surface area contributed by atoms with Gasteiger partial charge in [-0.05, 0) is 56.7 Å². The van der Waals surface area contributed by atoms with E-state index in [2.05, 4.69) is 0 Å². The number of anilines is 1. The van der Waals surface area contributed by atoms with Crippen LogP contribution in [0.1, 0.15) is 69.1 Å². The molecule has 5 aromatic rings. The molecule has 198 valence electrons. The number of carbonyl (C=O) groups excluding carboxylic acids is 4. The highest BCUT2D eigenvalue weighted by molar-refractivity contribution is 6.43. The number of hydrogen-bond acceptors (Lipinski definition) is 7. The van der Waals surface area contributed by atoms with E-state index in [9.17, 15) is 29.3 Å². The Labute approximate surface area is 226 Å². The molecule has 0 saturated heterocycles. The molecule has 0 unspecified atom stereocenters. The fourth-order valence-corrected chi connectivity index (χ4v) is 6.60. The molecule has 2 aliphatic rings. The number of imide groups is 2. The number of nitrogens with zero attached hydrogens (tertiary/aromatic N) is 3. The quantitative estimate of drug-likeness (QED) is 0.0833. The Bertz CT molecular complexity index is 2090. The van der Waals surface area contributed by atoms with Gasteiger partial charge in [-0.25, -0.2) is 0 Å². The highest BCUT2D eigenvalue weighted by atomic mass is 16.6. The summed E-state index contributed by atoms with van der Waals surface area (Å²) in [7, 11) is 0. The first-order valence-corrected chi connectivity index (χ1v) is 12.9. The highest BCUT2D eigenvalue weighted by Crippen LogP contribution is 2.50. The average molecular weight is 535 g/mol. The summed E-state index contributed by atoms with van der Waals surface area (Å²) in [6, 6.07) is 8.42. The van der Waals surface area contributed by atoms with Gasteiger partial charge in [-0.3, -0.25) is 39.1 Å². The molecule has 5 aromatic carbocycles. The van der Waals surface area contributed by atoms with Crippen LogP contribution in [0.15, 0.2) is 36.4 Å². The monoisotopic (exact) mass is 534 g/mol. The van der Waals surface area contributed by atoms with Crippen molar-refractivity contribution in [2.75, 3.05) is 5.73 Å². The average Bonchev–Trinajstić information content (AvgIpc) is 2.89. The van der Waals surface area contributed by atoms with Crippen LogP contribution in [0.25, 0.3) is 43.1 Å². The first-order valence-electron chi connectivity index (χ1n) is 12.9. The Morgan fingerprint density at radius 2 is 1.05 bits per heavy atom. The maximum Gasteiger partial charge on any atom is 0.278 e. The number of carbonyl (C=O) groups is 4. The third kappa shape index (κ3) is 2.62. The zero-order valence-electron chi connectivity index (χ0n) is 22.0. The lowest BCUT2D eigenvalue weighted by Gasteiger charge is -2.32. The van der Waals surface area contributed by atoms with Crippen molar-refractivity contribution in [2.24, 2.45) is 0 Å². The van der Waals surface area contributed by atoms with Crippen LogP contribution in [0.3, 0.4) is 0 Å². The molecule has 0 fully saturated rings. The smallest absolute Gasteiger partial charge is 0.278 e. The second-order valence-electron chi connectivity index (χ2n) is 10.9. The molecule has 2 heterocycles. The van der Waals surface area contributed by atoms with Gasteiger partial charge in [-0.15, -0.1) is 0 Å². The zero-order chi connectivity index (χ0) is 28.5. The van der Waals surface area contributed by atoms with Gasteiger partial charge in [0.25, 0.3) is 29.3 Å². The largest absolute Gasteiger partial charge is 0.398 e. The minimum atomic E-state index is -0.603. The van der Waals surface area contributed by atoms with Gasteiger partial charge < -0.3 is 5.73 Å². The molecule has 40 heavy (non-hydrogen) atoms. The lowest BCUT2D eigenvalue weighted by molar-refractivity contribution is -0.383. The predicted octanol–water partition coefficient (Wildman–Crippen LogP) is 5.24. The molecule has 10 heteroatoms. The second kappa shape index (κ2) is 7.50. The fraction of sp³-hybridized carbons (Fsp3) is 0.200. The van der Waals surface area contributed by atoms with Crippen molar-refractivity contribution >= 4 is 78.1 Å². The van der Waals surface area contributed by atoms with Crippen LogP contribution in [0, 0.1) is 10.1 Å². The van der Waals surface area contributed by atoms with E-state index in [1.807, 2.05) is 0 Å². The number of rotatable bonds is 3. The lowest BCUT2D eigenvalue weighted by Crippen LogP contribution is -2.44. The minimum absolute atomic E-state index is 0.0705. The molecule has 4 amide bonds. The van der Waals surface area contributed by atoms with Gasteiger partial charge in [-0.2, -0.15) is 0 Å². The maximum absolute atomic E-state index is 13.5. The summed E-state index contributed by atoms with van der Waals surface area (Å²) in [5.74, 6) is -2.02. The van der Waals surface area contributed by atoms with Crippen LogP contribution in [0.4, 0.5) is 11.4 Å². The number of nitrogens with two attached hydrogens (primary N) is 1. The number of non-ortho nitro benzene ring substituents is 1. The number of hydrogen-bond donors (Lipinski definition) is 1. The van der Waals surface area contributed by atoms with Gasteiger partial charge in [0.15, 0.2) is 0 Å². The standard InChI is InChI=1S/C30H22N4O6/c1-11(2)32-27(35)15-8-6-14-24-20(34(39)40)10-18-22-16(28(36)33(12(3)4)30(18)38)7-5-13(26(22)24)23-19(31)9-17(29(32)37)21(15)25(14)23/h5-12H,31H2,1-4H3. The van der Waals surface area contributed by atoms with Gasteiger partial charge in [0.1, 0.15) is 0 Å². The predicted molar refractivity (Wildman–Crippen MR) is 150 cm³/mol. The van der Waals surface area contributed by atoms with E-state index >= 15 is 0 Å². The summed E-state index contributed by atoms with van der Waals surface area (Å²) in [6.07, 6.45) is 0. The second-order valence-corrected chi connectivity index (χ2v) is 10.9. The van der Waals surface area contributed by atoms with Crippen LogP contribution >= 0.6 is 0 Å². The van der Waals surface area contributed by atoms with Crippen LogP contribution in [0.2, 0.25) is 0 Å². The SMILES string of the molecule is CC(C)N1C(=O)c2ccc3c4c([N+](=O)[O-])cc5c6c(ccc(c7c(N)cc(c2c37)C1=O)c64)C(=O)N(C(C)C)C5=O. The Morgan fingerprint density at radius 3 is 1.52 bits per heavy atom. The topological polar surface area (TPSA) is 144 Å². The van der Waals surface area contributed by atoms with Crippen molar-refractivity contribution in [2.45, 2.75) is 39.8 Å². The fourth-order valence-electron chi connectivity index (χ4n) is 6.60. The van der Waals surface area contributed by atoms with E-state index in [1.165, 1.54) is 11.0 Å². The molecule has 0 bridgehead atoms. The van der Waals surface area contributed by atoms with Crippen molar-refractivity contribution in [1.29, 1.82) is 0 Å². The van der Waals surface area contributed by atoms with Crippen molar-refractivity contribution < 1.29 is 24.1 Å². The number of nitro groups is 1. The molecule has 0 aliphatic carbocycles. The minimum Gasteiger partial charge on any atom is -0.398 e. The van der Waals surface area contributed by atoms with Crippen molar-refractivity contribution in [1.82, 2.24) is 9.80 Å². The molecule has 0 saturated carbocycles. The molecule has 0 spiro atoms. The van der Waals surface area contributed by atoms with Gasteiger partial charge in [0.2, 0.25) is 0 Å². The normalized spacial score (nSPS) is 15.3. The molecule has 2 aliphatic heterocycles. The first kappa shape index (κ1) is 24.0. The maximum atomic E-state index is 13.5. The van der Waals surface area contributed by atoms with E-state index in [0.717, 1.165) is 4.90 Å². The van der Waals surface area contributed by atoms with E-state index in [4.69, 9.17) is 5.73 Å². The van der Waals surface area contributed by atoms with Gasteiger partial charge in [-0.1, -0.05) is 12.1 Å². The summed E-state index contributed by atoms with van der Waals surface area (Å²) in [6.45, 7) is 6.90. The Morgan fingerprint density at radius 1 is 0.625 bits per heavy atom. The number of nitrogen functional groups attached to an aromatic ring is 1. The molecule has 0 atom stereocenters. The summed E-state index contributed by atoms with van der Waals surface area (Å²) in [4.78, 5) is 68.2. The molecular weight excluding hydrogens is 512 g/mol. The third-order valence-corrected chi connectivity index (χ3v) is 8.14. The highest BCUT2D eigenvalue weighted by Gasteiger charge is 2.40. The number of nitro benzene ring substituents is 1. The Balaban J connectivity index is 1.76. The molecule has 0 radical (unpaired) electrons. The van der Waals surface area contributed by atoms with E-state index in [-0.39, 0.29) is 33.5 Å². The molecule has 7 rings (SSSR count). The zero-order valence-corrected chi connectivity index (χ0v) is 22.0. The Hall–Kier alpha value is -5.12. The first-order chi connectivity index (χ1) is 19.0. The molecule has 0 aromatic heterocycles. The Kier molecular flexibility index (Phi) is 4.49. The molecule has 10 nitrogen and oxygen atoms in total.